The maximum atomic E-state index is 10.6. The number of aliphatic hydroxyl groups excluding tert-OH is 1. The minimum atomic E-state index is -0.870. The van der Waals surface area contributed by atoms with Crippen molar-refractivity contribution in [1.82, 2.24) is 5.32 Å². The molecule has 0 aliphatic heterocycles. The second-order valence-corrected chi connectivity index (χ2v) is 3.32. The summed E-state index contributed by atoms with van der Waals surface area (Å²) in [6.07, 6.45) is -0.509. The third-order valence-electron chi connectivity index (χ3n) is 1.57. The summed E-state index contributed by atoms with van der Waals surface area (Å²) in [5, 5.41) is 20.4. The number of hydrogen-bond acceptors (Lipinski definition) is 3. The summed E-state index contributed by atoms with van der Waals surface area (Å²) >= 11 is 0. The van der Waals surface area contributed by atoms with Gasteiger partial charge in [0.1, 0.15) is 6.04 Å². The lowest BCUT2D eigenvalue weighted by Gasteiger charge is -2.18. The first-order valence-corrected chi connectivity index (χ1v) is 4.09. The first-order chi connectivity index (χ1) is 5.45. The standard InChI is InChI=1S/C8H17NO3/c1-5(2)7(8(11)12)9-4-6(3)10/h5-7,9-10H,4H2,1-3H3,(H,11,12)/t6-,7+/m1/s1. The van der Waals surface area contributed by atoms with Gasteiger partial charge in [0.15, 0.2) is 0 Å². The van der Waals surface area contributed by atoms with Crippen molar-refractivity contribution in [2.24, 2.45) is 5.92 Å². The minimum Gasteiger partial charge on any atom is -0.480 e. The summed E-state index contributed by atoms with van der Waals surface area (Å²) in [6, 6.07) is -0.570. The van der Waals surface area contributed by atoms with Crippen molar-refractivity contribution in [1.29, 1.82) is 0 Å². The van der Waals surface area contributed by atoms with Gasteiger partial charge in [-0.05, 0) is 12.8 Å². The highest BCUT2D eigenvalue weighted by Gasteiger charge is 2.20. The Balaban J connectivity index is 3.88. The molecule has 4 heteroatoms. The second-order valence-electron chi connectivity index (χ2n) is 3.32. The van der Waals surface area contributed by atoms with Crippen molar-refractivity contribution in [3.05, 3.63) is 0 Å². The molecular weight excluding hydrogens is 158 g/mol. The predicted molar refractivity (Wildman–Crippen MR) is 45.9 cm³/mol. The van der Waals surface area contributed by atoms with E-state index in [0.717, 1.165) is 0 Å². The van der Waals surface area contributed by atoms with E-state index >= 15 is 0 Å². The molecule has 0 aromatic carbocycles. The lowest BCUT2D eigenvalue weighted by molar-refractivity contribution is -0.140. The SMILES string of the molecule is CC(C)[C@H](NC[C@@H](C)O)C(=O)O. The predicted octanol–water partition coefficient (Wildman–Crippen LogP) is 0.0660. The monoisotopic (exact) mass is 175 g/mol. The summed E-state index contributed by atoms with van der Waals surface area (Å²) in [5.74, 6) is -0.841. The molecule has 3 N–H and O–H groups in total. The molecule has 4 nitrogen and oxygen atoms in total. The quantitative estimate of drug-likeness (QED) is 0.553. The summed E-state index contributed by atoms with van der Waals surface area (Å²) < 4.78 is 0. The first kappa shape index (κ1) is 11.4. The van der Waals surface area contributed by atoms with E-state index in [4.69, 9.17) is 10.2 Å². The number of nitrogens with one attached hydrogen (secondary N) is 1. The number of rotatable bonds is 5. The Bertz CT molecular complexity index is 145. The molecule has 0 amide bonds. The van der Waals surface area contributed by atoms with Crippen LogP contribution in [0.3, 0.4) is 0 Å². The molecule has 0 radical (unpaired) electrons. The van der Waals surface area contributed by atoms with Crippen LogP contribution in [0.1, 0.15) is 20.8 Å². The van der Waals surface area contributed by atoms with Crippen molar-refractivity contribution >= 4 is 5.97 Å². The Morgan fingerprint density at radius 2 is 1.92 bits per heavy atom. The third-order valence-corrected chi connectivity index (χ3v) is 1.57. The lowest BCUT2D eigenvalue weighted by Crippen LogP contribution is -2.43. The van der Waals surface area contributed by atoms with Crippen LogP contribution in [0.15, 0.2) is 0 Å². The molecule has 0 aliphatic carbocycles. The number of carboxylic acid groups (broad SMARTS) is 1. The highest BCUT2D eigenvalue weighted by Crippen LogP contribution is 2.01. The van der Waals surface area contributed by atoms with Crippen LogP contribution in [0.4, 0.5) is 0 Å². The van der Waals surface area contributed by atoms with E-state index in [2.05, 4.69) is 5.32 Å². The van der Waals surface area contributed by atoms with Crippen LogP contribution in [0.25, 0.3) is 0 Å². The van der Waals surface area contributed by atoms with Crippen LogP contribution in [-0.2, 0) is 4.79 Å². The van der Waals surface area contributed by atoms with Crippen molar-refractivity contribution in [3.8, 4) is 0 Å². The maximum absolute atomic E-state index is 10.6. The topological polar surface area (TPSA) is 69.6 Å². The highest BCUT2D eigenvalue weighted by atomic mass is 16.4. The molecule has 2 atom stereocenters. The minimum absolute atomic E-state index is 0.0289. The Morgan fingerprint density at radius 1 is 1.42 bits per heavy atom. The van der Waals surface area contributed by atoms with Gasteiger partial charge in [-0.2, -0.15) is 0 Å². The number of aliphatic hydroxyl groups is 1. The number of aliphatic carboxylic acids is 1. The Kier molecular flexibility index (Phi) is 4.85. The zero-order valence-electron chi connectivity index (χ0n) is 7.74. The van der Waals surface area contributed by atoms with Gasteiger partial charge in [0.25, 0.3) is 0 Å². The van der Waals surface area contributed by atoms with Gasteiger partial charge in [0, 0.05) is 6.54 Å². The van der Waals surface area contributed by atoms with E-state index < -0.39 is 18.1 Å². The molecule has 0 aromatic rings. The van der Waals surface area contributed by atoms with E-state index in [1.165, 1.54) is 0 Å². The summed E-state index contributed by atoms with van der Waals surface area (Å²) in [7, 11) is 0. The van der Waals surface area contributed by atoms with Gasteiger partial charge in [-0.15, -0.1) is 0 Å². The van der Waals surface area contributed by atoms with Crippen LogP contribution in [0, 0.1) is 5.92 Å². The van der Waals surface area contributed by atoms with Crippen LogP contribution < -0.4 is 5.32 Å². The second kappa shape index (κ2) is 5.11. The van der Waals surface area contributed by atoms with Gasteiger partial charge in [0.2, 0.25) is 0 Å². The van der Waals surface area contributed by atoms with Crippen molar-refractivity contribution < 1.29 is 15.0 Å². The molecule has 0 heterocycles. The highest BCUT2D eigenvalue weighted by molar-refractivity contribution is 5.73. The smallest absolute Gasteiger partial charge is 0.320 e. The average Bonchev–Trinajstić information content (AvgIpc) is 1.84. The molecule has 0 aromatic heterocycles. The van der Waals surface area contributed by atoms with Gasteiger partial charge in [-0.3, -0.25) is 4.79 Å². The van der Waals surface area contributed by atoms with Crippen LogP contribution >= 0.6 is 0 Å². The fourth-order valence-corrected chi connectivity index (χ4v) is 0.906. The van der Waals surface area contributed by atoms with Crippen LogP contribution in [-0.4, -0.2) is 34.9 Å². The van der Waals surface area contributed by atoms with E-state index in [9.17, 15) is 4.79 Å². The van der Waals surface area contributed by atoms with E-state index in [0.29, 0.717) is 6.54 Å². The Labute approximate surface area is 72.6 Å². The van der Waals surface area contributed by atoms with Crippen LogP contribution in [0.5, 0.6) is 0 Å². The molecule has 0 bridgehead atoms. The van der Waals surface area contributed by atoms with Crippen molar-refractivity contribution in [3.63, 3.8) is 0 Å². The molecule has 0 saturated carbocycles. The molecule has 0 aliphatic rings. The zero-order valence-corrected chi connectivity index (χ0v) is 7.74. The normalized spacial score (nSPS) is 16.1. The van der Waals surface area contributed by atoms with E-state index in [1.807, 2.05) is 13.8 Å². The molecule has 0 rings (SSSR count). The number of carbonyl (C=O) groups is 1. The first-order valence-electron chi connectivity index (χ1n) is 4.09. The summed E-state index contributed by atoms with van der Waals surface area (Å²) in [6.45, 7) is 5.59. The number of hydrogen-bond donors (Lipinski definition) is 3. The fraction of sp³-hybridized carbons (Fsp3) is 0.875. The van der Waals surface area contributed by atoms with Gasteiger partial charge >= 0.3 is 5.97 Å². The Hall–Kier alpha value is -0.610. The molecule has 0 spiro atoms. The summed E-state index contributed by atoms with van der Waals surface area (Å²) in [5.41, 5.74) is 0. The molecule has 12 heavy (non-hydrogen) atoms. The van der Waals surface area contributed by atoms with E-state index in [-0.39, 0.29) is 5.92 Å². The van der Waals surface area contributed by atoms with Gasteiger partial charge in [0.05, 0.1) is 6.10 Å². The molecule has 72 valence electrons. The fourth-order valence-electron chi connectivity index (χ4n) is 0.906. The molecule has 0 saturated heterocycles. The number of carboxylic acids is 1. The van der Waals surface area contributed by atoms with Crippen molar-refractivity contribution in [2.75, 3.05) is 6.54 Å². The van der Waals surface area contributed by atoms with E-state index in [1.54, 1.807) is 6.92 Å². The van der Waals surface area contributed by atoms with Gasteiger partial charge < -0.3 is 15.5 Å². The van der Waals surface area contributed by atoms with Crippen LogP contribution in [0.2, 0.25) is 0 Å². The lowest BCUT2D eigenvalue weighted by atomic mass is 10.0. The van der Waals surface area contributed by atoms with Gasteiger partial charge in [-0.25, -0.2) is 0 Å². The Morgan fingerprint density at radius 3 is 2.17 bits per heavy atom. The molecule has 0 fully saturated rings. The third kappa shape index (κ3) is 4.31. The summed E-state index contributed by atoms with van der Waals surface area (Å²) in [4.78, 5) is 10.6. The maximum Gasteiger partial charge on any atom is 0.320 e. The molecular formula is C8H17NO3. The average molecular weight is 175 g/mol. The zero-order chi connectivity index (χ0) is 9.72. The largest absolute Gasteiger partial charge is 0.480 e. The molecule has 0 unspecified atom stereocenters. The van der Waals surface area contributed by atoms with Crippen molar-refractivity contribution in [2.45, 2.75) is 32.9 Å². The van der Waals surface area contributed by atoms with Gasteiger partial charge in [-0.1, -0.05) is 13.8 Å².